The smallest absolute Gasteiger partial charge is 0.283 e. The van der Waals surface area contributed by atoms with Gasteiger partial charge in [-0.3, -0.25) is 9.48 Å². The van der Waals surface area contributed by atoms with Crippen molar-refractivity contribution in [1.29, 1.82) is 0 Å². The molecule has 0 unspecified atom stereocenters. The van der Waals surface area contributed by atoms with Crippen molar-refractivity contribution < 1.29 is 22.4 Å². The lowest BCUT2D eigenvalue weighted by atomic mass is 10.2. The summed E-state index contributed by atoms with van der Waals surface area (Å²) in [5, 5.41) is 5.07. The molecule has 0 bridgehead atoms. The SMILES string of the molecule is CCCCCCNC(=O)Cn1nc(C(F)F)c(Cl)c1C(F)F. The van der Waals surface area contributed by atoms with E-state index in [1.54, 1.807) is 0 Å². The van der Waals surface area contributed by atoms with Crippen LogP contribution in [0.1, 0.15) is 56.8 Å². The third-order valence-corrected chi connectivity index (χ3v) is 3.40. The molecule has 1 aromatic rings. The molecular formula is C13H18ClF4N3O. The lowest BCUT2D eigenvalue weighted by Crippen LogP contribution is -2.29. The molecule has 126 valence electrons. The van der Waals surface area contributed by atoms with Gasteiger partial charge in [-0.1, -0.05) is 37.8 Å². The fourth-order valence-electron chi connectivity index (χ4n) is 1.91. The van der Waals surface area contributed by atoms with Gasteiger partial charge in [-0.25, -0.2) is 17.6 Å². The van der Waals surface area contributed by atoms with Crippen molar-refractivity contribution in [2.45, 2.75) is 52.0 Å². The maximum atomic E-state index is 12.9. The Morgan fingerprint density at radius 3 is 2.45 bits per heavy atom. The molecule has 0 aliphatic heterocycles. The van der Waals surface area contributed by atoms with E-state index in [1.165, 1.54) is 0 Å². The van der Waals surface area contributed by atoms with Crippen LogP contribution in [0.2, 0.25) is 5.02 Å². The molecule has 0 aromatic carbocycles. The Morgan fingerprint density at radius 2 is 1.91 bits per heavy atom. The molecular weight excluding hydrogens is 326 g/mol. The van der Waals surface area contributed by atoms with Crippen molar-refractivity contribution >= 4 is 17.5 Å². The molecule has 0 radical (unpaired) electrons. The van der Waals surface area contributed by atoms with Gasteiger partial charge in [0, 0.05) is 6.54 Å². The summed E-state index contributed by atoms with van der Waals surface area (Å²) >= 11 is 5.49. The van der Waals surface area contributed by atoms with Crippen LogP contribution in [0.3, 0.4) is 0 Å². The predicted octanol–water partition coefficient (Wildman–Crippen LogP) is 4.11. The third-order valence-electron chi connectivity index (χ3n) is 3.02. The summed E-state index contributed by atoms with van der Waals surface area (Å²) in [4.78, 5) is 11.7. The fraction of sp³-hybridized carbons (Fsp3) is 0.692. The number of unbranched alkanes of at least 4 members (excludes halogenated alkanes) is 3. The zero-order valence-corrected chi connectivity index (χ0v) is 12.8. The number of hydrogen-bond acceptors (Lipinski definition) is 2. The van der Waals surface area contributed by atoms with E-state index in [2.05, 4.69) is 10.4 Å². The minimum Gasteiger partial charge on any atom is -0.354 e. The first-order valence-electron chi connectivity index (χ1n) is 6.97. The summed E-state index contributed by atoms with van der Waals surface area (Å²) in [6, 6.07) is 0. The van der Waals surface area contributed by atoms with Crippen LogP contribution in [0, 0.1) is 0 Å². The van der Waals surface area contributed by atoms with Gasteiger partial charge in [0.05, 0.1) is 5.02 Å². The van der Waals surface area contributed by atoms with Crippen LogP contribution in [0.4, 0.5) is 17.6 Å². The second-order valence-electron chi connectivity index (χ2n) is 4.75. The van der Waals surface area contributed by atoms with E-state index in [0.717, 1.165) is 25.7 Å². The zero-order valence-electron chi connectivity index (χ0n) is 12.1. The molecule has 0 atom stereocenters. The molecule has 1 aromatic heterocycles. The first-order chi connectivity index (χ1) is 10.4. The Balaban J connectivity index is 2.68. The third kappa shape index (κ3) is 5.15. The van der Waals surface area contributed by atoms with E-state index in [1.807, 2.05) is 6.92 Å². The number of carbonyl (C=O) groups excluding carboxylic acids is 1. The number of nitrogens with one attached hydrogen (secondary N) is 1. The molecule has 22 heavy (non-hydrogen) atoms. The normalized spacial score (nSPS) is 11.5. The van der Waals surface area contributed by atoms with Gasteiger partial charge >= 0.3 is 0 Å². The van der Waals surface area contributed by atoms with E-state index in [4.69, 9.17) is 11.6 Å². The molecule has 0 saturated heterocycles. The van der Waals surface area contributed by atoms with Gasteiger partial charge in [0.15, 0.2) is 0 Å². The lowest BCUT2D eigenvalue weighted by molar-refractivity contribution is -0.121. The number of hydrogen-bond donors (Lipinski definition) is 1. The van der Waals surface area contributed by atoms with Crippen molar-refractivity contribution in [3.05, 3.63) is 16.4 Å². The Morgan fingerprint density at radius 1 is 1.23 bits per heavy atom. The van der Waals surface area contributed by atoms with Crippen LogP contribution in [-0.2, 0) is 11.3 Å². The number of amides is 1. The van der Waals surface area contributed by atoms with Gasteiger partial charge in [0.1, 0.15) is 17.9 Å². The van der Waals surface area contributed by atoms with Gasteiger partial charge in [-0.15, -0.1) is 0 Å². The van der Waals surface area contributed by atoms with Gasteiger partial charge in [-0.2, -0.15) is 5.10 Å². The quantitative estimate of drug-likeness (QED) is 0.542. The van der Waals surface area contributed by atoms with Crippen molar-refractivity contribution in [2.75, 3.05) is 6.54 Å². The summed E-state index contributed by atoms with van der Waals surface area (Å²) in [6.07, 6.45) is -2.37. The Bertz CT molecular complexity index is 494. The zero-order chi connectivity index (χ0) is 16.7. The molecule has 0 saturated carbocycles. The Hall–Kier alpha value is -1.31. The van der Waals surface area contributed by atoms with Crippen molar-refractivity contribution in [1.82, 2.24) is 15.1 Å². The monoisotopic (exact) mass is 343 g/mol. The molecule has 1 heterocycles. The lowest BCUT2D eigenvalue weighted by Gasteiger charge is -2.08. The Kier molecular flexibility index (Phi) is 7.64. The highest BCUT2D eigenvalue weighted by molar-refractivity contribution is 6.32. The van der Waals surface area contributed by atoms with Crippen LogP contribution in [0.15, 0.2) is 0 Å². The fourth-order valence-corrected chi connectivity index (χ4v) is 2.21. The standard InChI is InChI=1S/C13H18ClF4N3O/c1-2-3-4-5-6-19-8(22)7-21-11(13(17)18)9(14)10(20-21)12(15)16/h12-13H,2-7H2,1H3,(H,19,22). The first-order valence-corrected chi connectivity index (χ1v) is 7.35. The minimum atomic E-state index is -3.09. The van der Waals surface area contributed by atoms with Gasteiger partial charge < -0.3 is 5.32 Å². The number of nitrogens with zero attached hydrogens (tertiary/aromatic N) is 2. The summed E-state index contributed by atoms with van der Waals surface area (Å²) in [7, 11) is 0. The summed E-state index contributed by atoms with van der Waals surface area (Å²) in [5.74, 6) is -0.571. The number of halogens is 5. The highest BCUT2D eigenvalue weighted by atomic mass is 35.5. The summed E-state index contributed by atoms with van der Waals surface area (Å²) < 4.78 is 51.6. The average Bonchev–Trinajstić information content (AvgIpc) is 2.75. The maximum Gasteiger partial charge on any atom is 0.283 e. The molecule has 9 heteroatoms. The first kappa shape index (κ1) is 18.7. The topological polar surface area (TPSA) is 46.9 Å². The van der Waals surface area contributed by atoms with Gasteiger partial charge in [-0.05, 0) is 6.42 Å². The largest absolute Gasteiger partial charge is 0.354 e. The second kappa shape index (κ2) is 8.97. The number of carbonyl (C=O) groups is 1. The highest BCUT2D eigenvalue weighted by Gasteiger charge is 2.28. The summed E-state index contributed by atoms with van der Waals surface area (Å²) in [5.41, 5.74) is -1.80. The van der Waals surface area contributed by atoms with E-state index < -0.39 is 41.7 Å². The molecule has 0 aliphatic rings. The molecule has 0 aliphatic carbocycles. The average molecular weight is 344 g/mol. The van der Waals surface area contributed by atoms with Crippen LogP contribution < -0.4 is 5.32 Å². The molecule has 1 rings (SSSR count). The van der Waals surface area contributed by atoms with Crippen LogP contribution in [0.25, 0.3) is 0 Å². The Labute approximate surface area is 130 Å². The van der Waals surface area contributed by atoms with Crippen molar-refractivity contribution in [3.63, 3.8) is 0 Å². The molecule has 0 spiro atoms. The van der Waals surface area contributed by atoms with E-state index in [9.17, 15) is 22.4 Å². The van der Waals surface area contributed by atoms with E-state index in [0.29, 0.717) is 11.2 Å². The second-order valence-corrected chi connectivity index (χ2v) is 5.13. The summed E-state index contributed by atoms with van der Waals surface area (Å²) in [6.45, 7) is 1.88. The van der Waals surface area contributed by atoms with Crippen LogP contribution >= 0.6 is 11.6 Å². The molecule has 0 fully saturated rings. The van der Waals surface area contributed by atoms with Crippen molar-refractivity contribution in [2.24, 2.45) is 0 Å². The highest BCUT2D eigenvalue weighted by Crippen LogP contribution is 2.34. The number of aromatic nitrogens is 2. The molecule has 1 amide bonds. The number of alkyl halides is 4. The van der Waals surface area contributed by atoms with E-state index in [-0.39, 0.29) is 0 Å². The maximum absolute atomic E-state index is 12.9. The number of rotatable bonds is 9. The minimum absolute atomic E-state index is 0.402. The van der Waals surface area contributed by atoms with E-state index >= 15 is 0 Å². The molecule has 4 nitrogen and oxygen atoms in total. The van der Waals surface area contributed by atoms with Crippen LogP contribution in [0.5, 0.6) is 0 Å². The predicted molar refractivity (Wildman–Crippen MR) is 74.3 cm³/mol. The van der Waals surface area contributed by atoms with Gasteiger partial charge in [0.25, 0.3) is 12.9 Å². The van der Waals surface area contributed by atoms with Gasteiger partial charge in [0.2, 0.25) is 5.91 Å². The van der Waals surface area contributed by atoms with Crippen LogP contribution in [-0.4, -0.2) is 22.2 Å². The van der Waals surface area contributed by atoms with Crippen molar-refractivity contribution in [3.8, 4) is 0 Å². The molecule has 1 N–H and O–H groups in total.